The number of carboxylic acid groups (broad SMARTS) is 1. The van der Waals surface area contributed by atoms with E-state index >= 15 is 0 Å². The lowest BCUT2D eigenvalue weighted by atomic mass is 10.1. The van der Waals surface area contributed by atoms with Gasteiger partial charge in [-0.2, -0.15) is 0 Å². The van der Waals surface area contributed by atoms with E-state index in [2.05, 4.69) is 10.3 Å². The van der Waals surface area contributed by atoms with Gasteiger partial charge in [0.2, 0.25) is 0 Å². The number of hydrogen-bond acceptors (Lipinski definition) is 6. The molecule has 0 spiro atoms. The second-order valence-corrected chi connectivity index (χ2v) is 4.72. The molecule has 0 atom stereocenters. The number of esters is 1. The van der Waals surface area contributed by atoms with Crippen molar-refractivity contribution in [3.05, 3.63) is 30.0 Å². The summed E-state index contributed by atoms with van der Waals surface area (Å²) in [6, 6.07) is 5.28. The maximum absolute atomic E-state index is 12.1. The predicted molar refractivity (Wildman–Crippen MR) is 85.0 cm³/mol. The minimum Gasteiger partial charge on any atom is -0.497 e. The van der Waals surface area contributed by atoms with Gasteiger partial charge in [0.05, 0.1) is 31.3 Å². The molecule has 2 aromatic rings. The predicted octanol–water partition coefficient (Wildman–Crippen LogP) is 2.31. The molecule has 0 saturated carbocycles. The van der Waals surface area contributed by atoms with Crippen molar-refractivity contribution in [2.75, 3.05) is 25.6 Å². The molecule has 0 amide bonds. The Morgan fingerprint density at radius 1 is 1.35 bits per heavy atom. The molecular formula is C16H18N2O5. The summed E-state index contributed by atoms with van der Waals surface area (Å²) in [5.41, 5.74) is 1.42. The summed E-state index contributed by atoms with van der Waals surface area (Å²) in [5.74, 6) is -0.824. The van der Waals surface area contributed by atoms with Crippen LogP contribution >= 0.6 is 0 Å². The van der Waals surface area contributed by atoms with Gasteiger partial charge in [-0.3, -0.25) is 9.78 Å². The number of aliphatic carboxylic acids is 1. The van der Waals surface area contributed by atoms with Crippen LogP contribution in [-0.2, 0) is 9.53 Å². The van der Waals surface area contributed by atoms with Crippen LogP contribution in [0.25, 0.3) is 10.9 Å². The van der Waals surface area contributed by atoms with Crippen LogP contribution in [-0.4, -0.2) is 42.3 Å². The number of carbonyl (C=O) groups excluding carboxylic acids is 1. The van der Waals surface area contributed by atoms with Crippen LogP contribution in [0, 0.1) is 0 Å². The molecule has 1 heterocycles. The fourth-order valence-corrected chi connectivity index (χ4v) is 2.15. The lowest BCUT2D eigenvalue weighted by Gasteiger charge is -2.14. The third-order valence-electron chi connectivity index (χ3n) is 3.21. The molecule has 0 aliphatic heterocycles. The number of carboxylic acids is 1. The zero-order valence-corrected chi connectivity index (χ0v) is 13.0. The molecule has 0 saturated heterocycles. The average Bonchev–Trinajstić information content (AvgIpc) is 2.54. The molecule has 23 heavy (non-hydrogen) atoms. The SMILES string of the molecule is CCOC(=O)c1cnc2ccc(OC)cc2c1NCCC(=O)O. The Balaban J connectivity index is 2.50. The second-order valence-electron chi connectivity index (χ2n) is 4.72. The monoisotopic (exact) mass is 318 g/mol. The summed E-state index contributed by atoms with van der Waals surface area (Å²) < 4.78 is 10.2. The molecule has 0 aliphatic carbocycles. The lowest BCUT2D eigenvalue weighted by Crippen LogP contribution is -2.13. The highest BCUT2D eigenvalue weighted by molar-refractivity contribution is 6.05. The third-order valence-corrected chi connectivity index (χ3v) is 3.21. The number of nitrogens with zero attached hydrogens (tertiary/aromatic N) is 1. The molecule has 0 unspecified atom stereocenters. The first kappa shape index (κ1) is 16.5. The Labute approximate surface area is 133 Å². The van der Waals surface area contributed by atoms with E-state index in [4.69, 9.17) is 14.6 Å². The van der Waals surface area contributed by atoms with Gasteiger partial charge < -0.3 is 19.9 Å². The first-order valence-corrected chi connectivity index (χ1v) is 7.16. The summed E-state index contributed by atoms with van der Waals surface area (Å²) in [4.78, 5) is 27.1. The van der Waals surface area contributed by atoms with Gasteiger partial charge in [0.1, 0.15) is 11.3 Å². The Bertz CT molecular complexity index is 730. The first-order valence-electron chi connectivity index (χ1n) is 7.16. The van der Waals surface area contributed by atoms with Gasteiger partial charge >= 0.3 is 11.9 Å². The Hall–Kier alpha value is -2.83. The minimum absolute atomic E-state index is 0.0734. The van der Waals surface area contributed by atoms with Crippen LogP contribution in [0.1, 0.15) is 23.7 Å². The number of carbonyl (C=O) groups is 2. The van der Waals surface area contributed by atoms with Gasteiger partial charge in [0, 0.05) is 18.1 Å². The van der Waals surface area contributed by atoms with Gasteiger partial charge in [0.25, 0.3) is 0 Å². The number of benzene rings is 1. The van der Waals surface area contributed by atoms with E-state index in [1.54, 1.807) is 32.2 Å². The number of methoxy groups -OCH3 is 1. The van der Waals surface area contributed by atoms with Crippen LogP contribution < -0.4 is 10.1 Å². The van der Waals surface area contributed by atoms with Crippen LogP contribution in [0.15, 0.2) is 24.4 Å². The number of fused-ring (bicyclic) bond motifs is 1. The van der Waals surface area contributed by atoms with Crippen molar-refractivity contribution in [3.63, 3.8) is 0 Å². The number of nitrogens with one attached hydrogen (secondary N) is 1. The van der Waals surface area contributed by atoms with Crippen LogP contribution in [0.2, 0.25) is 0 Å². The van der Waals surface area contributed by atoms with Gasteiger partial charge in [-0.05, 0) is 25.1 Å². The number of hydrogen-bond donors (Lipinski definition) is 2. The minimum atomic E-state index is -0.925. The van der Waals surface area contributed by atoms with Gasteiger partial charge in [-0.25, -0.2) is 4.79 Å². The van der Waals surface area contributed by atoms with Crippen molar-refractivity contribution in [2.45, 2.75) is 13.3 Å². The fraction of sp³-hybridized carbons (Fsp3) is 0.312. The van der Waals surface area contributed by atoms with E-state index < -0.39 is 11.9 Å². The second kappa shape index (κ2) is 7.44. The molecule has 122 valence electrons. The summed E-state index contributed by atoms with van der Waals surface area (Å²) in [6.07, 6.45) is 1.35. The zero-order chi connectivity index (χ0) is 16.8. The fourth-order valence-electron chi connectivity index (χ4n) is 2.15. The highest BCUT2D eigenvalue weighted by atomic mass is 16.5. The number of aromatic nitrogens is 1. The van der Waals surface area contributed by atoms with Crippen molar-refractivity contribution in [3.8, 4) is 5.75 Å². The summed E-state index contributed by atoms with van der Waals surface area (Å²) >= 11 is 0. The van der Waals surface area contributed by atoms with E-state index in [1.165, 1.54) is 6.20 Å². The highest BCUT2D eigenvalue weighted by Crippen LogP contribution is 2.29. The lowest BCUT2D eigenvalue weighted by molar-refractivity contribution is -0.136. The van der Waals surface area contributed by atoms with Gasteiger partial charge in [-0.1, -0.05) is 0 Å². The van der Waals surface area contributed by atoms with Crippen LogP contribution in [0.4, 0.5) is 5.69 Å². The highest BCUT2D eigenvalue weighted by Gasteiger charge is 2.17. The van der Waals surface area contributed by atoms with E-state index in [0.29, 0.717) is 22.3 Å². The molecular weight excluding hydrogens is 300 g/mol. The largest absolute Gasteiger partial charge is 0.497 e. The molecule has 2 N–H and O–H groups in total. The molecule has 7 nitrogen and oxygen atoms in total. The number of anilines is 1. The van der Waals surface area contributed by atoms with E-state index in [1.807, 2.05) is 0 Å². The van der Waals surface area contributed by atoms with E-state index in [-0.39, 0.29) is 25.1 Å². The average molecular weight is 318 g/mol. The number of rotatable bonds is 7. The molecule has 0 bridgehead atoms. The summed E-state index contributed by atoms with van der Waals surface area (Å²) in [7, 11) is 1.54. The molecule has 1 aromatic carbocycles. The third kappa shape index (κ3) is 3.88. The smallest absolute Gasteiger partial charge is 0.341 e. The molecule has 2 rings (SSSR count). The topological polar surface area (TPSA) is 97.8 Å². The molecule has 1 aromatic heterocycles. The quantitative estimate of drug-likeness (QED) is 0.756. The molecule has 0 fully saturated rings. The number of pyridine rings is 1. The van der Waals surface area contributed by atoms with Gasteiger partial charge in [0.15, 0.2) is 0 Å². The van der Waals surface area contributed by atoms with Crippen molar-refractivity contribution >= 4 is 28.5 Å². The van der Waals surface area contributed by atoms with Crippen molar-refractivity contribution in [1.29, 1.82) is 0 Å². The normalized spacial score (nSPS) is 10.3. The van der Waals surface area contributed by atoms with Crippen molar-refractivity contribution < 1.29 is 24.2 Å². The maximum atomic E-state index is 12.1. The summed E-state index contributed by atoms with van der Waals surface area (Å²) in [5, 5.41) is 12.5. The summed E-state index contributed by atoms with van der Waals surface area (Å²) in [6.45, 7) is 2.13. The molecule has 0 aliphatic rings. The molecule has 0 radical (unpaired) electrons. The zero-order valence-electron chi connectivity index (χ0n) is 13.0. The van der Waals surface area contributed by atoms with Crippen molar-refractivity contribution in [1.82, 2.24) is 4.98 Å². The Morgan fingerprint density at radius 2 is 2.13 bits per heavy atom. The number of ether oxygens (including phenoxy) is 2. The van der Waals surface area contributed by atoms with Gasteiger partial charge in [-0.15, -0.1) is 0 Å². The van der Waals surface area contributed by atoms with Crippen LogP contribution in [0.5, 0.6) is 5.75 Å². The Morgan fingerprint density at radius 3 is 2.78 bits per heavy atom. The maximum Gasteiger partial charge on any atom is 0.341 e. The van der Waals surface area contributed by atoms with E-state index in [0.717, 1.165) is 0 Å². The first-order chi connectivity index (χ1) is 11.1. The molecule has 7 heteroatoms. The van der Waals surface area contributed by atoms with Crippen molar-refractivity contribution in [2.24, 2.45) is 0 Å². The Kier molecular flexibility index (Phi) is 5.35. The standard InChI is InChI=1S/C16H18N2O5/c1-3-23-16(21)12-9-18-13-5-4-10(22-2)8-11(13)15(12)17-7-6-14(19)20/h4-5,8-9H,3,6-7H2,1-2H3,(H,17,18)(H,19,20). The van der Waals surface area contributed by atoms with Crippen LogP contribution in [0.3, 0.4) is 0 Å². The van der Waals surface area contributed by atoms with E-state index in [9.17, 15) is 9.59 Å².